The molecule has 2 aromatic heterocycles. The zero-order valence-corrected chi connectivity index (χ0v) is 9.74. The maximum absolute atomic E-state index is 5.33. The zero-order valence-electron chi connectivity index (χ0n) is 8.92. The lowest BCUT2D eigenvalue weighted by Crippen LogP contribution is -2.07. The fourth-order valence-electron chi connectivity index (χ4n) is 1.28. The second kappa shape index (κ2) is 5.00. The van der Waals surface area contributed by atoms with E-state index in [1.165, 1.54) is 0 Å². The van der Waals surface area contributed by atoms with Crippen molar-refractivity contribution in [3.63, 3.8) is 0 Å². The Labute approximate surface area is 98.0 Å². The molecule has 0 aliphatic rings. The second-order valence-corrected chi connectivity index (χ2v) is 4.37. The van der Waals surface area contributed by atoms with Crippen molar-refractivity contribution < 1.29 is 0 Å². The van der Waals surface area contributed by atoms with Crippen LogP contribution in [0.15, 0.2) is 35.6 Å². The van der Waals surface area contributed by atoms with Crippen LogP contribution in [-0.2, 0) is 12.8 Å². The first-order valence-electron chi connectivity index (χ1n) is 4.81. The second-order valence-electron chi connectivity index (χ2n) is 3.32. The summed E-state index contributed by atoms with van der Waals surface area (Å²) in [5.41, 5.74) is 4.47. The van der Waals surface area contributed by atoms with E-state index >= 15 is 0 Å². The molecule has 0 aliphatic heterocycles. The molecule has 0 saturated heterocycles. The van der Waals surface area contributed by atoms with Crippen LogP contribution in [0, 0.1) is 0 Å². The molecule has 6 heteroatoms. The maximum atomic E-state index is 5.33. The third kappa shape index (κ3) is 2.74. The van der Waals surface area contributed by atoms with Gasteiger partial charge in [0.1, 0.15) is 0 Å². The molecule has 0 aromatic carbocycles. The molecule has 0 atom stereocenters. The highest BCUT2D eigenvalue weighted by Gasteiger charge is 2.00. The molecular formula is C10H13N5S. The van der Waals surface area contributed by atoms with Gasteiger partial charge in [0.25, 0.3) is 0 Å². The minimum atomic E-state index is 0.807. The lowest BCUT2D eigenvalue weighted by atomic mass is 10.3. The molecule has 0 aliphatic carbocycles. The molecule has 16 heavy (non-hydrogen) atoms. The third-order valence-electron chi connectivity index (χ3n) is 2.05. The summed E-state index contributed by atoms with van der Waals surface area (Å²) in [5.74, 6) is 6.14. The Morgan fingerprint density at radius 2 is 2.44 bits per heavy atom. The van der Waals surface area contributed by atoms with Crippen molar-refractivity contribution in [1.82, 2.24) is 14.8 Å². The Bertz CT molecular complexity index is 468. The molecule has 0 fully saturated rings. The fraction of sp³-hybridized carbons (Fsp3) is 0.200. The molecule has 0 unspecified atom stereocenters. The summed E-state index contributed by atoms with van der Waals surface area (Å²) in [5, 5.41) is 4.11. The molecule has 0 amide bonds. The fourth-order valence-corrected chi connectivity index (χ4v) is 2.10. The van der Waals surface area contributed by atoms with Gasteiger partial charge in [-0.1, -0.05) is 0 Å². The predicted octanol–water partition coefficient (Wildman–Crippen LogP) is 1.39. The Hall–Kier alpha value is -1.53. The van der Waals surface area contributed by atoms with Gasteiger partial charge in [-0.05, 0) is 12.1 Å². The van der Waals surface area contributed by atoms with Gasteiger partial charge in [-0.2, -0.15) is 5.10 Å². The number of rotatable bonds is 4. The zero-order chi connectivity index (χ0) is 11.4. The van der Waals surface area contributed by atoms with Gasteiger partial charge >= 0.3 is 0 Å². The van der Waals surface area contributed by atoms with Gasteiger partial charge in [-0.15, -0.1) is 11.8 Å². The average molecular weight is 235 g/mol. The van der Waals surface area contributed by atoms with E-state index in [0.717, 1.165) is 22.0 Å². The van der Waals surface area contributed by atoms with Gasteiger partial charge in [0.2, 0.25) is 0 Å². The van der Waals surface area contributed by atoms with E-state index < -0.39 is 0 Å². The highest BCUT2D eigenvalue weighted by molar-refractivity contribution is 7.98. The van der Waals surface area contributed by atoms with Gasteiger partial charge in [0.05, 0.1) is 17.6 Å². The molecule has 0 spiro atoms. The van der Waals surface area contributed by atoms with Gasteiger partial charge in [0.15, 0.2) is 0 Å². The molecule has 5 nitrogen and oxygen atoms in total. The molecule has 2 aromatic rings. The van der Waals surface area contributed by atoms with E-state index in [2.05, 4.69) is 15.5 Å². The van der Waals surface area contributed by atoms with E-state index in [-0.39, 0.29) is 0 Å². The van der Waals surface area contributed by atoms with Crippen LogP contribution in [0.2, 0.25) is 0 Å². The van der Waals surface area contributed by atoms with Crippen LogP contribution in [-0.4, -0.2) is 14.8 Å². The molecule has 3 N–H and O–H groups in total. The monoisotopic (exact) mass is 235 g/mol. The summed E-state index contributed by atoms with van der Waals surface area (Å²) in [6.07, 6.45) is 5.57. The summed E-state index contributed by atoms with van der Waals surface area (Å²) in [7, 11) is 1.90. The number of nitrogens with two attached hydrogens (primary N) is 1. The number of aromatic nitrogens is 3. The van der Waals surface area contributed by atoms with Crippen molar-refractivity contribution in [3.05, 3.63) is 36.4 Å². The summed E-state index contributed by atoms with van der Waals surface area (Å²) in [6, 6.07) is 3.77. The minimum Gasteiger partial charge on any atom is -0.324 e. The van der Waals surface area contributed by atoms with E-state index in [0.29, 0.717) is 0 Å². The first-order chi connectivity index (χ1) is 7.78. The van der Waals surface area contributed by atoms with Crippen LogP contribution in [0.5, 0.6) is 0 Å². The largest absolute Gasteiger partial charge is 0.324 e. The number of nitrogens with zero attached hydrogens (tertiary/aromatic N) is 3. The highest BCUT2D eigenvalue weighted by atomic mass is 32.2. The van der Waals surface area contributed by atoms with Crippen molar-refractivity contribution >= 4 is 17.4 Å². The lowest BCUT2D eigenvalue weighted by molar-refractivity contribution is 0.766. The minimum absolute atomic E-state index is 0.807. The van der Waals surface area contributed by atoms with Crippen LogP contribution < -0.4 is 11.3 Å². The Kier molecular flexibility index (Phi) is 3.43. The molecule has 2 heterocycles. The maximum Gasteiger partial charge on any atom is 0.0625 e. The number of nitrogen functional groups attached to an aromatic ring is 1. The van der Waals surface area contributed by atoms with Crippen LogP contribution >= 0.6 is 11.8 Å². The molecule has 0 bridgehead atoms. The van der Waals surface area contributed by atoms with E-state index in [1.807, 2.05) is 31.6 Å². The van der Waals surface area contributed by atoms with Crippen molar-refractivity contribution in [2.75, 3.05) is 5.43 Å². The number of hydrogen-bond acceptors (Lipinski definition) is 5. The molecular weight excluding hydrogens is 222 g/mol. The Morgan fingerprint density at radius 1 is 1.56 bits per heavy atom. The number of thioether (sulfide) groups is 1. The van der Waals surface area contributed by atoms with E-state index in [4.69, 9.17) is 5.84 Å². The van der Waals surface area contributed by atoms with E-state index in [9.17, 15) is 0 Å². The standard InChI is InChI=1S/C10H13N5S/c1-15-6-10(5-13-15)16-7-9-4-8(14-11)2-3-12-9/h2-6H,7,11H2,1H3,(H,12,14). The summed E-state index contributed by atoms with van der Waals surface area (Å²) < 4.78 is 1.79. The topological polar surface area (TPSA) is 68.8 Å². The third-order valence-corrected chi connectivity index (χ3v) is 3.04. The Balaban J connectivity index is 1.99. The summed E-state index contributed by atoms with van der Waals surface area (Å²) >= 11 is 1.70. The first kappa shape index (κ1) is 11.0. The van der Waals surface area contributed by atoms with Gasteiger partial charge < -0.3 is 5.43 Å². The van der Waals surface area contributed by atoms with Crippen molar-refractivity contribution in [2.45, 2.75) is 10.6 Å². The average Bonchev–Trinajstić information content (AvgIpc) is 2.73. The lowest BCUT2D eigenvalue weighted by Gasteiger charge is -2.02. The predicted molar refractivity (Wildman–Crippen MR) is 64.8 cm³/mol. The number of pyridine rings is 1. The smallest absolute Gasteiger partial charge is 0.0625 e. The normalized spacial score (nSPS) is 10.4. The van der Waals surface area contributed by atoms with Crippen LogP contribution in [0.3, 0.4) is 0 Å². The number of nitrogens with one attached hydrogen (secondary N) is 1. The highest BCUT2D eigenvalue weighted by Crippen LogP contribution is 2.21. The van der Waals surface area contributed by atoms with Crippen LogP contribution in [0.4, 0.5) is 5.69 Å². The van der Waals surface area contributed by atoms with Crippen LogP contribution in [0.25, 0.3) is 0 Å². The number of hydrazine groups is 1. The molecule has 84 valence electrons. The van der Waals surface area contributed by atoms with Crippen LogP contribution in [0.1, 0.15) is 5.69 Å². The quantitative estimate of drug-likeness (QED) is 0.476. The van der Waals surface area contributed by atoms with Gasteiger partial charge in [-0.25, -0.2) is 0 Å². The van der Waals surface area contributed by atoms with Gasteiger partial charge in [0, 0.05) is 30.1 Å². The first-order valence-corrected chi connectivity index (χ1v) is 5.79. The summed E-state index contributed by atoms with van der Waals surface area (Å²) in [4.78, 5) is 5.40. The van der Waals surface area contributed by atoms with Gasteiger partial charge in [-0.3, -0.25) is 15.5 Å². The van der Waals surface area contributed by atoms with Crippen molar-refractivity contribution in [2.24, 2.45) is 12.9 Å². The Morgan fingerprint density at radius 3 is 3.12 bits per heavy atom. The molecule has 0 saturated carbocycles. The van der Waals surface area contributed by atoms with E-state index in [1.54, 1.807) is 22.6 Å². The summed E-state index contributed by atoms with van der Waals surface area (Å²) in [6.45, 7) is 0. The molecule has 2 rings (SSSR count). The molecule has 0 radical (unpaired) electrons. The number of hydrogen-bond donors (Lipinski definition) is 2. The van der Waals surface area contributed by atoms with Crippen molar-refractivity contribution in [1.29, 1.82) is 0 Å². The number of anilines is 1. The number of aryl methyl sites for hydroxylation is 1. The SMILES string of the molecule is Cn1cc(SCc2cc(NN)ccn2)cn1. The van der Waals surface area contributed by atoms with Crippen molar-refractivity contribution in [3.8, 4) is 0 Å².